The Balaban J connectivity index is 1.70. The van der Waals surface area contributed by atoms with Gasteiger partial charge in [-0.2, -0.15) is 0 Å². The van der Waals surface area contributed by atoms with Crippen LogP contribution in [0.1, 0.15) is 20.0 Å². The summed E-state index contributed by atoms with van der Waals surface area (Å²) in [7, 11) is 0. The van der Waals surface area contributed by atoms with Crippen molar-refractivity contribution in [3.63, 3.8) is 0 Å². The molecular weight excluding hydrogens is 370 g/mol. The number of hydrogen-bond acceptors (Lipinski definition) is 6. The highest BCUT2D eigenvalue weighted by atomic mass is 32.1. The molecule has 8 nitrogen and oxygen atoms in total. The minimum atomic E-state index is -0.625. The maximum Gasteiger partial charge on any atom is 0.271 e. The third-order valence-electron chi connectivity index (χ3n) is 3.59. The fraction of sp³-hybridized carbons (Fsp3) is 0. The van der Waals surface area contributed by atoms with Crippen molar-refractivity contribution in [2.45, 2.75) is 0 Å². The van der Waals surface area contributed by atoms with Crippen LogP contribution in [0, 0.1) is 10.1 Å². The van der Waals surface area contributed by atoms with Gasteiger partial charge in [0.15, 0.2) is 0 Å². The average molecular weight is 383 g/mol. The molecule has 0 saturated carbocycles. The van der Waals surface area contributed by atoms with Crippen LogP contribution in [0.25, 0.3) is 0 Å². The van der Waals surface area contributed by atoms with E-state index in [1.165, 1.54) is 23.5 Å². The van der Waals surface area contributed by atoms with Gasteiger partial charge in [0.1, 0.15) is 5.75 Å². The SMILES string of the molecule is O=C(Nc1cc([N+](=O)[O-])ccc1O)c1ccc(NC(=O)c2cccs2)cc1. The topological polar surface area (TPSA) is 122 Å². The molecule has 0 aliphatic heterocycles. The molecule has 27 heavy (non-hydrogen) atoms. The number of nitrogens with zero attached hydrogens (tertiary/aromatic N) is 1. The molecule has 0 radical (unpaired) electrons. The summed E-state index contributed by atoms with van der Waals surface area (Å²) in [6, 6.07) is 12.9. The quantitative estimate of drug-likeness (QED) is 0.351. The third kappa shape index (κ3) is 4.28. The molecule has 0 bridgehead atoms. The maximum atomic E-state index is 12.3. The summed E-state index contributed by atoms with van der Waals surface area (Å²) in [4.78, 5) is 35.0. The van der Waals surface area contributed by atoms with Crippen molar-refractivity contribution in [2.24, 2.45) is 0 Å². The molecule has 0 unspecified atom stereocenters. The molecular formula is C18H13N3O5S. The molecule has 0 spiro atoms. The van der Waals surface area contributed by atoms with Crippen molar-refractivity contribution in [3.05, 3.63) is 80.5 Å². The Labute approximate surface area is 157 Å². The number of carbonyl (C=O) groups excluding carboxylic acids is 2. The van der Waals surface area contributed by atoms with Crippen molar-refractivity contribution in [1.82, 2.24) is 0 Å². The summed E-state index contributed by atoms with van der Waals surface area (Å²) >= 11 is 1.32. The van der Waals surface area contributed by atoms with E-state index in [2.05, 4.69) is 10.6 Å². The molecule has 3 rings (SSSR count). The Morgan fingerprint density at radius 3 is 2.37 bits per heavy atom. The number of phenolic OH excluding ortho intramolecular Hbond substituents is 1. The van der Waals surface area contributed by atoms with Crippen molar-refractivity contribution in [3.8, 4) is 5.75 Å². The Hall–Kier alpha value is -3.72. The smallest absolute Gasteiger partial charge is 0.271 e. The van der Waals surface area contributed by atoms with Gasteiger partial charge in [-0.1, -0.05) is 6.07 Å². The number of hydrogen-bond donors (Lipinski definition) is 3. The fourth-order valence-electron chi connectivity index (χ4n) is 2.24. The Bertz CT molecular complexity index is 1000. The second kappa shape index (κ2) is 7.67. The number of thiophene rings is 1. The van der Waals surface area contributed by atoms with E-state index in [4.69, 9.17) is 0 Å². The third-order valence-corrected chi connectivity index (χ3v) is 4.46. The largest absolute Gasteiger partial charge is 0.506 e. The highest BCUT2D eigenvalue weighted by Crippen LogP contribution is 2.28. The van der Waals surface area contributed by atoms with Gasteiger partial charge >= 0.3 is 0 Å². The number of amides is 2. The lowest BCUT2D eigenvalue weighted by Crippen LogP contribution is -2.13. The van der Waals surface area contributed by atoms with Crippen molar-refractivity contribution in [2.75, 3.05) is 10.6 Å². The van der Waals surface area contributed by atoms with Gasteiger partial charge in [0, 0.05) is 23.4 Å². The standard InChI is InChI=1S/C18H13N3O5S/c22-15-8-7-13(21(25)26)10-14(15)20-17(23)11-3-5-12(6-4-11)19-18(24)16-2-1-9-27-16/h1-10,22H,(H,19,24)(H,20,23). The number of benzene rings is 2. The molecule has 3 aromatic rings. The molecule has 1 heterocycles. The maximum absolute atomic E-state index is 12.3. The van der Waals surface area contributed by atoms with E-state index in [9.17, 15) is 24.8 Å². The first kappa shape index (κ1) is 18.1. The molecule has 0 fully saturated rings. The molecule has 0 aliphatic carbocycles. The van der Waals surface area contributed by atoms with Crippen LogP contribution < -0.4 is 10.6 Å². The Morgan fingerprint density at radius 1 is 1.00 bits per heavy atom. The van der Waals surface area contributed by atoms with E-state index in [1.807, 2.05) is 0 Å². The summed E-state index contributed by atoms with van der Waals surface area (Å²) in [6.07, 6.45) is 0. The predicted molar refractivity (Wildman–Crippen MR) is 101 cm³/mol. The van der Waals surface area contributed by atoms with Crippen molar-refractivity contribution < 1.29 is 19.6 Å². The van der Waals surface area contributed by atoms with Gasteiger partial charge in [-0.25, -0.2) is 0 Å². The average Bonchev–Trinajstić information content (AvgIpc) is 3.18. The first-order chi connectivity index (χ1) is 12.9. The van der Waals surface area contributed by atoms with E-state index in [0.29, 0.717) is 10.6 Å². The summed E-state index contributed by atoms with van der Waals surface area (Å²) in [5.41, 5.74) is 0.456. The van der Waals surface area contributed by atoms with Crippen molar-refractivity contribution >= 4 is 40.2 Å². The van der Waals surface area contributed by atoms with Crippen LogP contribution in [0.4, 0.5) is 17.1 Å². The van der Waals surface area contributed by atoms with Crippen LogP contribution >= 0.6 is 11.3 Å². The molecule has 0 aliphatic rings. The Morgan fingerprint density at radius 2 is 1.74 bits per heavy atom. The summed E-state index contributed by atoms with van der Waals surface area (Å²) < 4.78 is 0. The lowest BCUT2D eigenvalue weighted by molar-refractivity contribution is -0.384. The number of nitro benzene ring substituents is 1. The van der Waals surface area contributed by atoms with E-state index in [-0.39, 0.29) is 28.6 Å². The fourth-order valence-corrected chi connectivity index (χ4v) is 2.86. The zero-order valence-corrected chi connectivity index (χ0v) is 14.5. The lowest BCUT2D eigenvalue weighted by atomic mass is 10.1. The van der Waals surface area contributed by atoms with E-state index in [1.54, 1.807) is 29.6 Å². The van der Waals surface area contributed by atoms with Crippen LogP contribution in [-0.4, -0.2) is 21.8 Å². The molecule has 0 saturated heterocycles. The monoisotopic (exact) mass is 383 g/mol. The van der Waals surface area contributed by atoms with Gasteiger partial charge < -0.3 is 15.7 Å². The molecule has 1 aromatic heterocycles. The van der Waals surface area contributed by atoms with Crippen molar-refractivity contribution in [1.29, 1.82) is 0 Å². The van der Waals surface area contributed by atoms with Gasteiger partial charge in [-0.05, 0) is 41.8 Å². The molecule has 136 valence electrons. The minimum absolute atomic E-state index is 0.0655. The van der Waals surface area contributed by atoms with Gasteiger partial charge in [-0.3, -0.25) is 19.7 Å². The summed E-state index contributed by atoms with van der Waals surface area (Å²) in [5, 5.41) is 27.5. The number of nitro groups is 1. The second-order valence-electron chi connectivity index (χ2n) is 5.42. The number of aromatic hydroxyl groups is 1. The van der Waals surface area contributed by atoms with Gasteiger partial charge in [0.05, 0.1) is 15.5 Å². The van der Waals surface area contributed by atoms with Crippen LogP contribution in [0.15, 0.2) is 60.0 Å². The van der Waals surface area contributed by atoms with Gasteiger partial charge in [0.25, 0.3) is 17.5 Å². The van der Waals surface area contributed by atoms with E-state index in [0.717, 1.165) is 18.2 Å². The first-order valence-electron chi connectivity index (χ1n) is 7.68. The minimum Gasteiger partial charge on any atom is -0.506 e. The zero-order valence-electron chi connectivity index (χ0n) is 13.7. The Kier molecular flexibility index (Phi) is 5.13. The molecule has 2 amide bonds. The normalized spacial score (nSPS) is 10.2. The number of nitrogens with one attached hydrogen (secondary N) is 2. The lowest BCUT2D eigenvalue weighted by Gasteiger charge is -2.08. The first-order valence-corrected chi connectivity index (χ1v) is 8.55. The molecule has 2 aromatic carbocycles. The van der Waals surface area contributed by atoms with Crippen LogP contribution in [0.3, 0.4) is 0 Å². The zero-order chi connectivity index (χ0) is 19.4. The van der Waals surface area contributed by atoms with E-state index < -0.39 is 10.8 Å². The van der Waals surface area contributed by atoms with Gasteiger partial charge in [0.2, 0.25) is 0 Å². The highest BCUT2D eigenvalue weighted by Gasteiger charge is 2.14. The van der Waals surface area contributed by atoms with Crippen LogP contribution in [0.5, 0.6) is 5.75 Å². The number of anilines is 2. The summed E-state index contributed by atoms with van der Waals surface area (Å²) in [5.74, 6) is -1.08. The molecule has 3 N–H and O–H groups in total. The number of phenols is 1. The molecule has 9 heteroatoms. The highest BCUT2D eigenvalue weighted by molar-refractivity contribution is 7.12. The predicted octanol–water partition coefficient (Wildman–Crippen LogP) is 3.87. The number of rotatable bonds is 5. The van der Waals surface area contributed by atoms with E-state index >= 15 is 0 Å². The number of carbonyl (C=O) groups is 2. The van der Waals surface area contributed by atoms with Crippen LogP contribution in [0.2, 0.25) is 0 Å². The number of non-ortho nitro benzene ring substituents is 1. The summed E-state index contributed by atoms with van der Waals surface area (Å²) in [6.45, 7) is 0. The van der Waals surface area contributed by atoms with Gasteiger partial charge in [-0.15, -0.1) is 11.3 Å². The molecule has 0 atom stereocenters. The second-order valence-corrected chi connectivity index (χ2v) is 6.37. The van der Waals surface area contributed by atoms with Crippen LogP contribution in [-0.2, 0) is 0 Å².